The summed E-state index contributed by atoms with van der Waals surface area (Å²) in [6, 6.07) is 7.90. The molecule has 20 heavy (non-hydrogen) atoms. The molecule has 0 unspecified atom stereocenters. The number of benzene rings is 1. The molecule has 2 aromatic rings. The van der Waals surface area contributed by atoms with Crippen molar-refractivity contribution in [2.75, 3.05) is 13.7 Å². The van der Waals surface area contributed by atoms with Crippen LogP contribution in [0.3, 0.4) is 0 Å². The van der Waals surface area contributed by atoms with Gasteiger partial charge in [-0.15, -0.1) is 11.3 Å². The highest BCUT2D eigenvalue weighted by atomic mass is 35.5. The van der Waals surface area contributed by atoms with E-state index in [9.17, 15) is 0 Å². The van der Waals surface area contributed by atoms with Gasteiger partial charge in [-0.1, -0.05) is 17.7 Å². The van der Waals surface area contributed by atoms with Gasteiger partial charge in [0.15, 0.2) is 11.5 Å². The van der Waals surface area contributed by atoms with Crippen LogP contribution in [0.15, 0.2) is 29.6 Å². The van der Waals surface area contributed by atoms with E-state index in [1.54, 1.807) is 24.5 Å². The van der Waals surface area contributed by atoms with Gasteiger partial charge in [0.1, 0.15) is 0 Å². The zero-order valence-electron chi connectivity index (χ0n) is 11.6. The number of methoxy groups -OCH3 is 1. The molecule has 0 spiro atoms. The average Bonchev–Trinajstić information content (AvgIpc) is 2.95. The molecule has 0 saturated carbocycles. The summed E-state index contributed by atoms with van der Waals surface area (Å²) in [4.78, 5) is 1.31. The maximum atomic E-state index is 6.27. The third-order valence-corrected chi connectivity index (χ3v) is 4.06. The SMILES string of the molecule is CCOc1cc(CNCc2cccs2)c(Cl)cc1OC. The Hall–Kier alpha value is -1.23. The Morgan fingerprint density at radius 1 is 1.25 bits per heavy atom. The second-order valence-corrected chi connectivity index (χ2v) is 5.65. The van der Waals surface area contributed by atoms with E-state index in [1.807, 2.05) is 13.0 Å². The van der Waals surface area contributed by atoms with Crippen LogP contribution in [-0.4, -0.2) is 13.7 Å². The van der Waals surface area contributed by atoms with Crippen molar-refractivity contribution in [3.05, 3.63) is 45.1 Å². The molecule has 0 aliphatic rings. The number of thiophene rings is 1. The molecule has 0 atom stereocenters. The Labute approximate surface area is 128 Å². The number of halogens is 1. The Balaban J connectivity index is 2.04. The minimum Gasteiger partial charge on any atom is -0.493 e. The van der Waals surface area contributed by atoms with Crippen molar-refractivity contribution < 1.29 is 9.47 Å². The number of nitrogens with one attached hydrogen (secondary N) is 1. The van der Waals surface area contributed by atoms with Gasteiger partial charge in [0.2, 0.25) is 0 Å². The van der Waals surface area contributed by atoms with Crippen LogP contribution in [0, 0.1) is 0 Å². The molecular weight excluding hydrogens is 294 g/mol. The molecule has 0 amide bonds. The van der Waals surface area contributed by atoms with Crippen molar-refractivity contribution in [1.29, 1.82) is 0 Å². The predicted octanol–water partition coefficient (Wildman–Crippen LogP) is 4.10. The van der Waals surface area contributed by atoms with E-state index in [4.69, 9.17) is 21.1 Å². The van der Waals surface area contributed by atoms with Gasteiger partial charge >= 0.3 is 0 Å². The molecule has 0 radical (unpaired) electrons. The van der Waals surface area contributed by atoms with Crippen LogP contribution in [0.25, 0.3) is 0 Å². The van der Waals surface area contributed by atoms with E-state index in [-0.39, 0.29) is 0 Å². The standard InChI is InChI=1S/C15H18ClNO2S/c1-3-19-15-7-11(13(16)8-14(15)18-2)9-17-10-12-5-4-6-20-12/h4-8,17H,3,9-10H2,1-2H3. The van der Waals surface area contributed by atoms with Gasteiger partial charge in [0.25, 0.3) is 0 Å². The van der Waals surface area contributed by atoms with Crippen molar-refractivity contribution in [3.63, 3.8) is 0 Å². The van der Waals surface area contributed by atoms with Gasteiger partial charge in [-0.3, -0.25) is 0 Å². The number of ether oxygens (including phenoxy) is 2. The molecule has 1 N–H and O–H groups in total. The molecule has 0 aliphatic carbocycles. The summed E-state index contributed by atoms with van der Waals surface area (Å²) < 4.78 is 10.8. The molecule has 0 saturated heterocycles. The summed E-state index contributed by atoms with van der Waals surface area (Å²) in [7, 11) is 1.61. The lowest BCUT2D eigenvalue weighted by atomic mass is 10.2. The highest BCUT2D eigenvalue weighted by Gasteiger charge is 2.10. The largest absolute Gasteiger partial charge is 0.493 e. The minimum atomic E-state index is 0.597. The fourth-order valence-corrected chi connectivity index (χ4v) is 2.77. The highest BCUT2D eigenvalue weighted by Crippen LogP contribution is 2.33. The summed E-state index contributed by atoms with van der Waals surface area (Å²) >= 11 is 8.01. The van der Waals surface area contributed by atoms with Crippen molar-refractivity contribution in [3.8, 4) is 11.5 Å². The molecule has 1 aromatic heterocycles. The van der Waals surface area contributed by atoms with Crippen LogP contribution in [0.4, 0.5) is 0 Å². The molecule has 5 heteroatoms. The van der Waals surface area contributed by atoms with E-state index in [1.165, 1.54) is 4.88 Å². The summed E-state index contributed by atoms with van der Waals surface area (Å²) in [6.07, 6.45) is 0. The summed E-state index contributed by atoms with van der Waals surface area (Å²) in [5.74, 6) is 1.39. The first-order valence-corrected chi connectivity index (χ1v) is 7.72. The van der Waals surface area contributed by atoms with Crippen molar-refractivity contribution in [2.45, 2.75) is 20.0 Å². The van der Waals surface area contributed by atoms with Crippen molar-refractivity contribution in [1.82, 2.24) is 5.32 Å². The molecule has 0 fully saturated rings. The van der Waals surface area contributed by atoms with Crippen LogP contribution in [0.5, 0.6) is 11.5 Å². The monoisotopic (exact) mass is 311 g/mol. The third-order valence-electron chi connectivity index (χ3n) is 2.83. The fourth-order valence-electron chi connectivity index (χ4n) is 1.87. The molecule has 108 valence electrons. The Kier molecular flexibility index (Phi) is 5.71. The van der Waals surface area contributed by atoms with E-state index in [0.29, 0.717) is 23.9 Å². The lowest BCUT2D eigenvalue weighted by molar-refractivity contribution is 0.310. The van der Waals surface area contributed by atoms with Crippen LogP contribution >= 0.6 is 22.9 Å². The smallest absolute Gasteiger partial charge is 0.162 e. The zero-order chi connectivity index (χ0) is 14.4. The normalized spacial score (nSPS) is 10.6. The second kappa shape index (κ2) is 7.53. The third kappa shape index (κ3) is 3.88. The van der Waals surface area contributed by atoms with E-state index in [2.05, 4.69) is 22.8 Å². The van der Waals surface area contributed by atoms with Gasteiger partial charge in [-0.05, 0) is 30.0 Å². The predicted molar refractivity (Wildman–Crippen MR) is 84.0 cm³/mol. The lowest BCUT2D eigenvalue weighted by Gasteiger charge is -2.13. The van der Waals surface area contributed by atoms with E-state index >= 15 is 0 Å². The Morgan fingerprint density at radius 3 is 2.75 bits per heavy atom. The first-order chi connectivity index (χ1) is 9.74. The van der Waals surface area contributed by atoms with Gasteiger partial charge in [0, 0.05) is 29.1 Å². The number of rotatable bonds is 7. The summed E-state index contributed by atoms with van der Waals surface area (Å²) in [5.41, 5.74) is 1.01. The Bertz CT molecular complexity index is 543. The van der Waals surface area contributed by atoms with E-state index < -0.39 is 0 Å². The van der Waals surface area contributed by atoms with Crippen LogP contribution in [-0.2, 0) is 13.1 Å². The van der Waals surface area contributed by atoms with Gasteiger partial charge in [-0.2, -0.15) is 0 Å². The highest BCUT2D eigenvalue weighted by molar-refractivity contribution is 7.09. The maximum absolute atomic E-state index is 6.27. The van der Waals surface area contributed by atoms with Gasteiger partial charge < -0.3 is 14.8 Å². The van der Waals surface area contributed by atoms with E-state index in [0.717, 1.165) is 17.9 Å². The first kappa shape index (κ1) is 15.2. The molecule has 2 rings (SSSR count). The molecular formula is C15H18ClNO2S. The fraction of sp³-hybridized carbons (Fsp3) is 0.333. The average molecular weight is 312 g/mol. The lowest BCUT2D eigenvalue weighted by Crippen LogP contribution is -2.12. The molecule has 3 nitrogen and oxygen atoms in total. The first-order valence-electron chi connectivity index (χ1n) is 6.47. The Morgan fingerprint density at radius 2 is 2.10 bits per heavy atom. The topological polar surface area (TPSA) is 30.5 Å². The minimum absolute atomic E-state index is 0.597. The maximum Gasteiger partial charge on any atom is 0.162 e. The zero-order valence-corrected chi connectivity index (χ0v) is 13.2. The van der Waals surface area contributed by atoms with Gasteiger partial charge in [0.05, 0.1) is 13.7 Å². The molecule has 1 heterocycles. The van der Waals surface area contributed by atoms with Crippen LogP contribution in [0.2, 0.25) is 5.02 Å². The summed E-state index contributed by atoms with van der Waals surface area (Å²) in [6.45, 7) is 4.08. The molecule has 0 bridgehead atoms. The van der Waals surface area contributed by atoms with Crippen LogP contribution in [0.1, 0.15) is 17.4 Å². The molecule has 0 aliphatic heterocycles. The van der Waals surface area contributed by atoms with Gasteiger partial charge in [-0.25, -0.2) is 0 Å². The number of hydrogen-bond donors (Lipinski definition) is 1. The quantitative estimate of drug-likeness (QED) is 0.835. The van der Waals surface area contributed by atoms with Crippen molar-refractivity contribution >= 4 is 22.9 Å². The molecule has 1 aromatic carbocycles. The van der Waals surface area contributed by atoms with Crippen molar-refractivity contribution in [2.24, 2.45) is 0 Å². The number of hydrogen-bond acceptors (Lipinski definition) is 4. The second-order valence-electron chi connectivity index (χ2n) is 4.21. The summed E-state index contributed by atoms with van der Waals surface area (Å²) in [5, 5.41) is 6.14. The van der Waals surface area contributed by atoms with Crippen LogP contribution < -0.4 is 14.8 Å².